The second kappa shape index (κ2) is 6.03. The van der Waals surface area contributed by atoms with Gasteiger partial charge in [-0.15, -0.1) is 0 Å². The molecule has 0 radical (unpaired) electrons. The van der Waals surface area contributed by atoms with E-state index in [1.54, 1.807) is 0 Å². The molecule has 0 aromatic rings. The molecule has 3 rings (SSSR count). The summed E-state index contributed by atoms with van der Waals surface area (Å²) in [7, 11) is 0. The van der Waals surface area contributed by atoms with E-state index in [1.807, 2.05) is 6.92 Å². The fourth-order valence-corrected chi connectivity index (χ4v) is 7.06. The predicted molar refractivity (Wildman–Crippen MR) is 96.8 cm³/mol. The highest BCUT2D eigenvalue weighted by Gasteiger charge is 2.67. The lowest BCUT2D eigenvalue weighted by molar-refractivity contribution is -0.198. The molecule has 3 fully saturated rings. The van der Waals surface area contributed by atoms with Crippen molar-refractivity contribution in [2.24, 2.45) is 39.9 Å². The molecule has 0 spiro atoms. The van der Waals surface area contributed by atoms with Crippen molar-refractivity contribution in [3.63, 3.8) is 0 Å². The van der Waals surface area contributed by atoms with Gasteiger partial charge >= 0.3 is 0 Å². The van der Waals surface area contributed by atoms with Crippen molar-refractivity contribution in [2.75, 3.05) is 6.61 Å². The summed E-state index contributed by atoms with van der Waals surface area (Å²) in [6.45, 7) is 10.4. The van der Waals surface area contributed by atoms with Crippen LogP contribution in [0.5, 0.6) is 0 Å². The zero-order valence-corrected chi connectivity index (χ0v) is 16.5. The Morgan fingerprint density at radius 2 is 1.80 bits per heavy atom. The Kier molecular flexibility index (Phi) is 4.66. The molecule has 0 saturated heterocycles. The summed E-state index contributed by atoms with van der Waals surface area (Å²) in [4.78, 5) is 13.0. The normalized spacial score (nSPS) is 54.6. The van der Waals surface area contributed by atoms with Crippen LogP contribution < -0.4 is 0 Å². The zero-order valence-electron chi connectivity index (χ0n) is 16.5. The molecule has 0 aromatic carbocycles. The molecule has 144 valence electrons. The Hall–Kier alpha value is -0.450. The van der Waals surface area contributed by atoms with Gasteiger partial charge in [-0.3, -0.25) is 4.79 Å². The van der Waals surface area contributed by atoms with Gasteiger partial charge in [0.1, 0.15) is 5.78 Å². The van der Waals surface area contributed by atoms with Crippen LogP contribution in [0.3, 0.4) is 0 Å². The molecule has 3 unspecified atom stereocenters. The molecular weight excluding hydrogens is 316 g/mol. The largest absolute Gasteiger partial charge is 0.394 e. The van der Waals surface area contributed by atoms with Crippen LogP contribution in [0.1, 0.15) is 66.7 Å². The van der Waals surface area contributed by atoms with E-state index in [1.165, 1.54) is 0 Å². The first-order valence-electron chi connectivity index (χ1n) is 10.1. The van der Waals surface area contributed by atoms with Gasteiger partial charge in [-0.1, -0.05) is 34.6 Å². The van der Waals surface area contributed by atoms with Crippen LogP contribution >= 0.6 is 0 Å². The minimum absolute atomic E-state index is 0.0738. The summed E-state index contributed by atoms with van der Waals surface area (Å²) in [6.07, 6.45) is 2.54. The fraction of sp³-hybridized carbons (Fsp3) is 0.952. The monoisotopic (exact) mass is 352 g/mol. The van der Waals surface area contributed by atoms with Gasteiger partial charge in [-0.05, 0) is 48.9 Å². The maximum Gasteiger partial charge on any atom is 0.137 e. The number of carbonyl (C=O) groups is 1. The molecule has 0 amide bonds. The van der Waals surface area contributed by atoms with Crippen molar-refractivity contribution >= 4 is 5.78 Å². The number of hydrogen-bond donors (Lipinski definition) is 3. The molecule has 2 bridgehead atoms. The van der Waals surface area contributed by atoms with E-state index in [4.69, 9.17) is 0 Å². The number of aliphatic hydroxyl groups excluding tert-OH is 3. The minimum Gasteiger partial charge on any atom is -0.394 e. The van der Waals surface area contributed by atoms with E-state index in [2.05, 4.69) is 27.7 Å². The average molecular weight is 353 g/mol. The van der Waals surface area contributed by atoms with Crippen molar-refractivity contribution < 1.29 is 20.1 Å². The second-order valence-electron chi connectivity index (χ2n) is 9.94. The standard InChI is InChI=1S/C21H36O4/c1-12-6-8-21-9-7-15(23)18(21)20(12,5)16(24)10-19(4,17(25)11-22)13(2)14(21)3/h12-14,16-18,22,24-25H,6-11H2,1-5H3/t12-,13+,14+,16-,17?,18?,19-,20+,21?/m1/s1. The van der Waals surface area contributed by atoms with Gasteiger partial charge in [0.15, 0.2) is 0 Å². The lowest BCUT2D eigenvalue weighted by Crippen LogP contribution is -2.62. The number of ketones is 1. The number of carbonyl (C=O) groups excluding carboxylic acids is 1. The lowest BCUT2D eigenvalue weighted by atomic mass is 9.42. The SMILES string of the molecule is C[C@@H]1CCC23CCC(=O)C2[C@]1(C)[C@H](O)C[C@@](C)(C(O)CO)[C@@H](C)[C@@H]3C. The summed E-state index contributed by atoms with van der Waals surface area (Å²) in [6, 6.07) is 0. The molecule has 3 saturated carbocycles. The predicted octanol–water partition coefficient (Wildman–Crippen LogP) is 2.78. The molecule has 0 aliphatic heterocycles. The smallest absolute Gasteiger partial charge is 0.137 e. The molecule has 25 heavy (non-hydrogen) atoms. The van der Waals surface area contributed by atoms with E-state index in [-0.39, 0.29) is 35.7 Å². The summed E-state index contributed by atoms with van der Waals surface area (Å²) < 4.78 is 0. The highest BCUT2D eigenvalue weighted by Crippen LogP contribution is 2.68. The highest BCUT2D eigenvalue weighted by atomic mass is 16.3. The van der Waals surface area contributed by atoms with Gasteiger partial charge < -0.3 is 15.3 Å². The molecular formula is C21H36O4. The van der Waals surface area contributed by atoms with E-state index in [0.717, 1.165) is 19.3 Å². The molecule has 3 aliphatic rings. The summed E-state index contributed by atoms with van der Waals surface area (Å²) in [5.74, 6) is 0.925. The Bertz CT molecular complexity index is 548. The van der Waals surface area contributed by atoms with E-state index in [0.29, 0.717) is 18.6 Å². The summed E-state index contributed by atoms with van der Waals surface area (Å²) in [5, 5.41) is 31.7. The molecule has 3 aliphatic carbocycles. The van der Waals surface area contributed by atoms with Crippen molar-refractivity contribution in [3.8, 4) is 0 Å². The number of Topliss-reactive ketones (excluding diaryl/α,β-unsaturated/α-hetero) is 1. The van der Waals surface area contributed by atoms with Crippen molar-refractivity contribution in [1.29, 1.82) is 0 Å². The molecule has 3 N–H and O–H groups in total. The van der Waals surface area contributed by atoms with Crippen LogP contribution in [0.4, 0.5) is 0 Å². The topological polar surface area (TPSA) is 77.8 Å². The fourth-order valence-electron chi connectivity index (χ4n) is 7.06. The van der Waals surface area contributed by atoms with E-state index in [9.17, 15) is 20.1 Å². The first-order valence-corrected chi connectivity index (χ1v) is 10.1. The second-order valence-corrected chi connectivity index (χ2v) is 9.94. The summed E-state index contributed by atoms with van der Waals surface area (Å²) in [5.41, 5.74) is -1.08. The minimum atomic E-state index is -0.857. The first-order chi connectivity index (χ1) is 11.6. The lowest BCUT2D eigenvalue weighted by Gasteiger charge is -2.62. The molecule has 4 nitrogen and oxygen atoms in total. The molecule has 9 atom stereocenters. The summed E-state index contributed by atoms with van der Waals surface area (Å²) >= 11 is 0. The molecule has 4 heteroatoms. The van der Waals surface area contributed by atoms with Gasteiger partial charge in [-0.2, -0.15) is 0 Å². The maximum absolute atomic E-state index is 13.0. The van der Waals surface area contributed by atoms with E-state index < -0.39 is 23.0 Å². The number of aliphatic hydroxyl groups is 3. The average Bonchev–Trinajstić information content (AvgIpc) is 2.94. The van der Waals surface area contributed by atoms with Crippen molar-refractivity contribution in [3.05, 3.63) is 0 Å². The van der Waals surface area contributed by atoms with Crippen LogP contribution in [0.2, 0.25) is 0 Å². The van der Waals surface area contributed by atoms with Crippen LogP contribution in [0.25, 0.3) is 0 Å². The third kappa shape index (κ3) is 2.33. The van der Waals surface area contributed by atoms with E-state index >= 15 is 0 Å². The van der Waals surface area contributed by atoms with Crippen molar-refractivity contribution in [1.82, 2.24) is 0 Å². The zero-order chi connectivity index (χ0) is 18.8. The van der Waals surface area contributed by atoms with Crippen LogP contribution in [0.15, 0.2) is 0 Å². The van der Waals surface area contributed by atoms with Gasteiger partial charge in [0, 0.05) is 23.2 Å². The van der Waals surface area contributed by atoms with Crippen molar-refractivity contribution in [2.45, 2.75) is 78.9 Å². The van der Waals surface area contributed by atoms with Gasteiger partial charge in [0.2, 0.25) is 0 Å². The molecule has 0 heterocycles. The third-order valence-electron chi connectivity index (χ3n) is 9.44. The number of hydrogen-bond acceptors (Lipinski definition) is 4. The van der Waals surface area contributed by atoms with Gasteiger partial charge in [0.05, 0.1) is 18.8 Å². The number of rotatable bonds is 2. The van der Waals surface area contributed by atoms with Crippen LogP contribution in [-0.4, -0.2) is 39.9 Å². The maximum atomic E-state index is 13.0. The Balaban J connectivity index is 2.18. The molecule has 0 aromatic heterocycles. The van der Waals surface area contributed by atoms with Gasteiger partial charge in [0.25, 0.3) is 0 Å². The Morgan fingerprint density at radius 3 is 2.40 bits per heavy atom. The third-order valence-corrected chi connectivity index (χ3v) is 9.44. The Morgan fingerprint density at radius 1 is 1.16 bits per heavy atom. The highest BCUT2D eigenvalue weighted by molar-refractivity contribution is 5.85. The quantitative estimate of drug-likeness (QED) is 0.714. The first kappa shape index (κ1) is 19.3. The Labute approximate surface area is 152 Å². The van der Waals surface area contributed by atoms with Gasteiger partial charge in [-0.25, -0.2) is 0 Å². The van der Waals surface area contributed by atoms with Crippen LogP contribution in [0, 0.1) is 39.9 Å². The van der Waals surface area contributed by atoms with Crippen LogP contribution in [-0.2, 0) is 4.79 Å².